The van der Waals surface area contributed by atoms with E-state index in [9.17, 15) is 0 Å². The average Bonchev–Trinajstić information content (AvgIpc) is 3.08. The van der Waals surface area contributed by atoms with Gasteiger partial charge in [0.25, 0.3) is 0 Å². The number of hydrogen-bond donors (Lipinski definition) is 1. The summed E-state index contributed by atoms with van der Waals surface area (Å²) in [6.45, 7) is 9.87. The molecule has 1 saturated carbocycles. The topological polar surface area (TPSA) is 41.0 Å². The lowest BCUT2D eigenvalue weighted by Gasteiger charge is -2.22. The smallest absolute Gasteiger partial charge is 0.202 e. The van der Waals surface area contributed by atoms with Crippen LogP contribution in [0.4, 0.5) is 5.13 Å². The standard InChI is InChI=1S/C12H22N4S/c1-4-16(5-2)8-9(3)13-12-14-11(15-17-12)10-6-7-10/h9-10H,4-8H2,1-3H3,(H,13,14,15). The number of anilines is 1. The van der Waals surface area contributed by atoms with Crippen LogP contribution in [0.1, 0.15) is 45.4 Å². The first-order chi connectivity index (χ1) is 8.22. The van der Waals surface area contributed by atoms with Gasteiger partial charge in [0.15, 0.2) is 0 Å². The van der Waals surface area contributed by atoms with E-state index in [1.807, 2.05) is 0 Å². The normalized spacial score (nSPS) is 17.4. The number of likely N-dealkylation sites (N-methyl/N-ethyl adjacent to an activating group) is 1. The Labute approximate surface area is 108 Å². The molecule has 96 valence electrons. The molecule has 0 aliphatic heterocycles. The molecule has 1 aliphatic rings. The fraction of sp³-hybridized carbons (Fsp3) is 0.833. The minimum absolute atomic E-state index is 0.426. The lowest BCUT2D eigenvalue weighted by Crippen LogP contribution is -2.34. The van der Waals surface area contributed by atoms with E-state index in [1.54, 1.807) is 0 Å². The second-order valence-electron chi connectivity index (χ2n) is 4.76. The second-order valence-corrected chi connectivity index (χ2v) is 5.52. The van der Waals surface area contributed by atoms with Gasteiger partial charge in [-0.3, -0.25) is 0 Å². The van der Waals surface area contributed by atoms with Crippen LogP contribution in [0.2, 0.25) is 0 Å². The molecule has 1 heterocycles. The van der Waals surface area contributed by atoms with Crippen LogP contribution in [0.15, 0.2) is 0 Å². The van der Waals surface area contributed by atoms with Crippen molar-refractivity contribution >= 4 is 16.7 Å². The first kappa shape index (κ1) is 12.8. The first-order valence-corrected chi connectivity index (χ1v) is 7.32. The van der Waals surface area contributed by atoms with Crippen molar-refractivity contribution in [1.29, 1.82) is 0 Å². The minimum atomic E-state index is 0.426. The van der Waals surface area contributed by atoms with Crippen LogP contribution in [-0.2, 0) is 0 Å². The summed E-state index contributed by atoms with van der Waals surface area (Å²) < 4.78 is 4.41. The summed E-state index contributed by atoms with van der Waals surface area (Å²) >= 11 is 1.50. The molecule has 1 aromatic rings. The predicted octanol–water partition coefficient (Wildman–Crippen LogP) is 2.56. The molecule has 0 radical (unpaired) electrons. The number of nitrogens with one attached hydrogen (secondary N) is 1. The van der Waals surface area contributed by atoms with E-state index < -0.39 is 0 Å². The maximum atomic E-state index is 4.55. The number of nitrogens with zero attached hydrogens (tertiary/aromatic N) is 3. The zero-order valence-electron chi connectivity index (χ0n) is 10.9. The highest BCUT2D eigenvalue weighted by molar-refractivity contribution is 7.09. The van der Waals surface area contributed by atoms with Crippen LogP contribution in [0, 0.1) is 0 Å². The van der Waals surface area contributed by atoms with Crippen molar-refractivity contribution in [2.75, 3.05) is 25.0 Å². The van der Waals surface area contributed by atoms with Crippen LogP contribution in [0.5, 0.6) is 0 Å². The van der Waals surface area contributed by atoms with Gasteiger partial charge in [0, 0.05) is 30.0 Å². The Balaban J connectivity index is 1.81. The van der Waals surface area contributed by atoms with E-state index in [1.165, 1.54) is 24.4 Å². The van der Waals surface area contributed by atoms with Crippen molar-refractivity contribution in [2.24, 2.45) is 0 Å². The largest absolute Gasteiger partial charge is 0.357 e. The zero-order valence-corrected chi connectivity index (χ0v) is 11.8. The monoisotopic (exact) mass is 254 g/mol. The van der Waals surface area contributed by atoms with E-state index in [2.05, 4.69) is 40.3 Å². The van der Waals surface area contributed by atoms with Crippen LogP contribution in [0.3, 0.4) is 0 Å². The summed E-state index contributed by atoms with van der Waals surface area (Å²) in [5, 5.41) is 4.43. The van der Waals surface area contributed by atoms with Gasteiger partial charge in [-0.05, 0) is 32.9 Å². The number of rotatable bonds is 7. The van der Waals surface area contributed by atoms with Crippen molar-refractivity contribution in [3.63, 3.8) is 0 Å². The zero-order chi connectivity index (χ0) is 12.3. The van der Waals surface area contributed by atoms with Gasteiger partial charge in [0.05, 0.1) is 0 Å². The van der Waals surface area contributed by atoms with Crippen molar-refractivity contribution in [3.8, 4) is 0 Å². The van der Waals surface area contributed by atoms with Crippen molar-refractivity contribution in [1.82, 2.24) is 14.3 Å². The van der Waals surface area contributed by atoms with Crippen LogP contribution in [0.25, 0.3) is 0 Å². The maximum Gasteiger partial charge on any atom is 0.202 e. The Hall–Kier alpha value is -0.680. The van der Waals surface area contributed by atoms with Crippen LogP contribution >= 0.6 is 11.5 Å². The number of hydrogen-bond acceptors (Lipinski definition) is 5. The van der Waals surface area contributed by atoms with E-state index in [-0.39, 0.29) is 0 Å². The van der Waals surface area contributed by atoms with Crippen LogP contribution in [-0.4, -0.2) is 39.9 Å². The molecule has 1 unspecified atom stereocenters. The van der Waals surface area contributed by atoms with Gasteiger partial charge in [-0.1, -0.05) is 13.8 Å². The quantitative estimate of drug-likeness (QED) is 0.812. The summed E-state index contributed by atoms with van der Waals surface area (Å²) in [5.74, 6) is 1.70. The van der Waals surface area contributed by atoms with E-state index >= 15 is 0 Å². The molecule has 0 aromatic carbocycles. The lowest BCUT2D eigenvalue weighted by molar-refractivity contribution is 0.295. The highest BCUT2D eigenvalue weighted by atomic mass is 32.1. The molecule has 1 aromatic heterocycles. The highest BCUT2D eigenvalue weighted by Crippen LogP contribution is 2.39. The molecular weight excluding hydrogens is 232 g/mol. The van der Waals surface area contributed by atoms with Gasteiger partial charge in [0.2, 0.25) is 5.13 Å². The fourth-order valence-corrected chi connectivity index (χ4v) is 2.68. The Bertz CT molecular complexity index is 344. The highest BCUT2D eigenvalue weighted by Gasteiger charge is 2.27. The third kappa shape index (κ3) is 3.64. The minimum Gasteiger partial charge on any atom is -0.357 e. The summed E-state index contributed by atoms with van der Waals surface area (Å²) in [5.41, 5.74) is 0. The van der Waals surface area contributed by atoms with Gasteiger partial charge in [-0.2, -0.15) is 4.37 Å². The van der Waals surface area contributed by atoms with Crippen molar-refractivity contribution in [3.05, 3.63) is 5.82 Å². The lowest BCUT2D eigenvalue weighted by atomic mass is 10.3. The van der Waals surface area contributed by atoms with Crippen molar-refractivity contribution < 1.29 is 0 Å². The van der Waals surface area contributed by atoms with Gasteiger partial charge in [-0.15, -0.1) is 0 Å². The molecular formula is C12H22N4S. The number of aromatic nitrogens is 2. The maximum absolute atomic E-state index is 4.55. The average molecular weight is 254 g/mol. The van der Waals surface area contributed by atoms with Gasteiger partial charge < -0.3 is 10.2 Å². The molecule has 2 rings (SSSR count). The molecule has 4 nitrogen and oxygen atoms in total. The molecule has 1 atom stereocenters. The summed E-state index contributed by atoms with van der Waals surface area (Å²) in [6.07, 6.45) is 2.54. The van der Waals surface area contributed by atoms with E-state index in [4.69, 9.17) is 0 Å². The Morgan fingerprint density at radius 2 is 2.12 bits per heavy atom. The fourth-order valence-electron chi connectivity index (χ4n) is 1.93. The Morgan fingerprint density at radius 3 is 2.71 bits per heavy atom. The van der Waals surface area contributed by atoms with Gasteiger partial charge >= 0.3 is 0 Å². The first-order valence-electron chi connectivity index (χ1n) is 6.55. The molecule has 0 amide bonds. The molecule has 0 spiro atoms. The van der Waals surface area contributed by atoms with E-state index in [0.717, 1.165) is 30.6 Å². The van der Waals surface area contributed by atoms with Gasteiger partial charge in [0.1, 0.15) is 5.82 Å². The Morgan fingerprint density at radius 1 is 1.41 bits per heavy atom. The van der Waals surface area contributed by atoms with Crippen molar-refractivity contribution in [2.45, 2.75) is 45.6 Å². The summed E-state index contributed by atoms with van der Waals surface area (Å²) in [7, 11) is 0. The van der Waals surface area contributed by atoms with Gasteiger partial charge in [-0.25, -0.2) is 4.98 Å². The van der Waals surface area contributed by atoms with E-state index in [0.29, 0.717) is 12.0 Å². The Kier molecular flexibility index (Phi) is 4.34. The molecule has 1 N–H and O–H groups in total. The SMILES string of the molecule is CCN(CC)CC(C)Nc1nc(C2CC2)ns1. The molecule has 0 saturated heterocycles. The summed E-state index contributed by atoms with van der Waals surface area (Å²) in [6, 6.07) is 0.426. The third-order valence-corrected chi connectivity index (χ3v) is 3.84. The summed E-state index contributed by atoms with van der Waals surface area (Å²) in [4.78, 5) is 6.97. The molecule has 5 heteroatoms. The second kappa shape index (κ2) is 5.78. The van der Waals surface area contributed by atoms with Crippen LogP contribution < -0.4 is 5.32 Å². The molecule has 17 heavy (non-hydrogen) atoms. The third-order valence-electron chi connectivity index (χ3n) is 3.18. The predicted molar refractivity (Wildman–Crippen MR) is 72.8 cm³/mol. The molecule has 1 aliphatic carbocycles. The molecule has 0 bridgehead atoms. The molecule has 1 fully saturated rings.